The summed E-state index contributed by atoms with van der Waals surface area (Å²) in [6.45, 7) is 0. The number of aliphatic imine (C=N–C) groups is 1. The molecule has 0 atom stereocenters. The summed E-state index contributed by atoms with van der Waals surface area (Å²) < 4.78 is 7.03. The van der Waals surface area contributed by atoms with E-state index < -0.39 is 0 Å². The summed E-state index contributed by atoms with van der Waals surface area (Å²) in [5, 5.41) is 2.37. The third-order valence-corrected chi connectivity index (χ3v) is 5.31. The molecular formula is C26H17BrN2O. The first-order chi connectivity index (χ1) is 14.7. The second kappa shape index (κ2) is 8.09. The monoisotopic (exact) mass is 452 g/mol. The smallest absolute Gasteiger partial charge is 0.227 e. The molecule has 0 saturated carbocycles. The highest BCUT2D eigenvalue weighted by Crippen LogP contribution is 2.29. The maximum atomic E-state index is 5.97. The van der Waals surface area contributed by atoms with E-state index in [0.717, 1.165) is 32.4 Å². The van der Waals surface area contributed by atoms with Crippen molar-refractivity contribution in [2.45, 2.75) is 0 Å². The van der Waals surface area contributed by atoms with Crippen molar-refractivity contribution >= 4 is 55.8 Å². The fourth-order valence-electron chi connectivity index (χ4n) is 3.34. The predicted molar refractivity (Wildman–Crippen MR) is 128 cm³/mol. The van der Waals surface area contributed by atoms with Gasteiger partial charge in [0.15, 0.2) is 5.58 Å². The minimum absolute atomic E-state index is 0.617. The Morgan fingerprint density at radius 1 is 0.833 bits per heavy atom. The van der Waals surface area contributed by atoms with Crippen LogP contribution in [0.3, 0.4) is 0 Å². The highest BCUT2D eigenvalue weighted by Gasteiger charge is 2.09. The van der Waals surface area contributed by atoms with Gasteiger partial charge in [-0.05, 0) is 64.9 Å². The molecule has 3 nitrogen and oxygen atoms in total. The van der Waals surface area contributed by atoms with Crippen molar-refractivity contribution < 1.29 is 4.42 Å². The standard InChI is InChI=1S/C26H17BrN2O/c27-22-9-3-5-18(15-22)6-4-14-28-23-12-13-25-24(17-23)29-26(30-25)21-11-10-19-7-1-2-8-20(19)16-21/h1-17H. The minimum Gasteiger partial charge on any atom is -0.436 e. The van der Waals surface area contributed by atoms with Gasteiger partial charge in [-0.3, -0.25) is 4.99 Å². The van der Waals surface area contributed by atoms with E-state index in [1.54, 1.807) is 6.21 Å². The van der Waals surface area contributed by atoms with Gasteiger partial charge in [-0.15, -0.1) is 0 Å². The normalized spacial score (nSPS) is 11.9. The van der Waals surface area contributed by atoms with Crippen LogP contribution in [0, 0.1) is 0 Å². The average Bonchev–Trinajstić information content (AvgIpc) is 3.20. The number of benzene rings is 4. The average molecular weight is 453 g/mol. The van der Waals surface area contributed by atoms with Crippen LogP contribution in [0.25, 0.3) is 39.4 Å². The van der Waals surface area contributed by atoms with E-state index in [-0.39, 0.29) is 0 Å². The first-order valence-electron chi connectivity index (χ1n) is 9.61. The van der Waals surface area contributed by atoms with Gasteiger partial charge in [0.25, 0.3) is 0 Å². The third kappa shape index (κ3) is 3.95. The third-order valence-electron chi connectivity index (χ3n) is 4.81. The number of hydrogen-bond donors (Lipinski definition) is 0. The fraction of sp³-hybridized carbons (Fsp3) is 0. The fourth-order valence-corrected chi connectivity index (χ4v) is 3.75. The lowest BCUT2D eigenvalue weighted by molar-refractivity contribution is 0.620. The molecule has 5 rings (SSSR count). The molecule has 0 amide bonds. The maximum Gasteiger partial charge on any atom is 0.227 e. The van der Waals surface area contributed by atoms with E-state index in [1.165, 1.54) is 10.8 Å². The lowest BCUT2D eigenvalue weighted by Gasteiger charge is -1.99. The zero-order valence-electron chi connectivity index (χ0n) is 16.0. The van der Waals surface area contributed by atoms with Crippen molar-refractivity contribution in [1.29, 1.82) is 0 Å². The van der Waals surface area contributed by atoms with Crippen molar-refractivity contribution in [2.24, 2.45) is 4.99 Å². The SMILES string of the molecule is Brc1cccc(C=CC=Nc2ccc3oc(-c4ccc5ccccc5c4)nc3c2)c1. The van der Waals surface area contributed by atoms with Gasteiger partial charge in [0.1, 0.15) is 5.52 Å². The summed E-state index contributed by atoms with van der Waals surface area (Å²) in [6.07, 6.45) is 5.72. The molecule has 144 valence electrons. The van der Waals surface area contributed by atoms with Crippen LogP contribution in [0.4, 0.5) is 5.69 Å². The van der Waals surface area contributed by atoms with E-state index in [2.05, 4.69) is 56.2 Å². The molecular weight excluding hydrogens is 436 g/mol. The van der Waals surface area contributed by atoms with E-state index >= 15 is 0 Å². The number of rotatable bonds is 4. The van der Waals surface area contributed by atoms with Gasteiger partial charge in [-0.25, -0.2) is 4.98 Å². The maximum absolute atomic E-state index is 5.97. The Labute approximate surface area is 182 Å². The van der Waals surface area contributed by atoms with Gasteiger partial charge in [-0.2, -0.15) is 0 Å². The molecule has 0 spiro atoms. The molecule has 0 N–H and O–H groups in total. The lowest BCUT2D eigenvalue weighted by atomic mass is 10.1. The number of oxazole rings is 1. The molecule has 0 radical (unpaired) electrons. The molecule has 1 heterocycles. The molecule has 5 aromatic rings. The van der Waals surface area contributed by atoms with Crippen LogP contribution in [0.1, 0.15) is 5.56 Å². The minimum atomic E-state index is 0.617. The number of hydrogen-bond acceptors (Lipinski definition) is 3. The van der Waals surface area contributed by atoms with Crippen LogP contribution < -0.4 is 0 Å². The Balaban J connectivity index is 1.39. The van der Waals surface area contributed by atoms with Crippen molar-refractivity contribution in [3.63, 3.8) is 0 Å². The zero-order valence-corrected chi connectivity index (χ0v) is 17.6. The van der Waals surface area contributed by atoms with Gasteiger partial charge in [-0.1, -0.05) is 64.5 Å². The Bertz CT molecular complexity index is 1420. The second-order valence-corrected chi connectivity index (χ2v) is 7.84. The summed E-state index contributed by atoms with van der Waals surface area (Å²) in [5.74, 6) is 0.617. The first kappa shape index (κ1) is 18.5. The molecule has 4 heteroatoms. The number of halogens is 1. The van der Waals surface area contributed by atoms with Gasteiger partial charge in [0, 0.05) is 16.3 Å². The van der Waals surface area contributed by atoms with Crippen molar-refractivity contribution in [1.82, 2.24) is 4.98 Å². The molecule has 0 unspecified atom stereocenters. The van der Waals surface area contributed by atoms with Gasteiger partial charge in [0.05, 0.1) is 5.69 Å². The first-order valence-corrected chi connectivity index (χ1v) is 10.4. The highest BCUT2D eigenvalue weighted by molar-refractivity contribution is 9.10. The summed E-state index contributed by atoms with van der Waals surface area (Å²) >= 11 is 3.48. The molecule has 0 aliphatic rings. The summed E-state index contributed by atoms with van der Waals surface area (Å²) in [4.78, 5) is 9.18. The van der Waals surface area contributed by atoms with Crippen LogP contribution in [0.2, 0.25) is 0 Å². The Morgan fingerprint density at radius 3 is 2.63 bits per heavy atom. The molecule has 30 heavy (non-hydrogen) atoms. The summed E-state index contributed by atoms with van der Waals surface area (Å²) in [7, 11) is 0. The molecule has 1 aromatic heterocycles. The van der Waals surface area contributed by atoms with E-state index in [0.29, 0.717) is 5.89 Å². The van der Waals surface area contributed by atoms with Gasteiger partial charge in [0.2, 0.25) is 5.89 Å². The molecule has 0 aliphatic carbocycles. The van der Waals surface area contributed by atoms with Gasteiger partial charge >= 0.3 is 0 Å². The van der Waals surface area contributed by atoms with Crippen LogP contribution in [-0.4, -0.2) is 11.2 Å². The Morgan fingerprint density at radius 2 is 1.73 bits per heavy atom. The number of allylic oxidation sites excluding steroid dienone is 1. The molecule has 0 saturated heterocycles. The molecule has 0 aliphatic heterocycles. The summed E-state index contributed by atoms with van der Waals surface area (Å²) in [5.41, 5.74) is 4.46. The number of nitrogens with zero attached hydrogens (tertiary/aromatic N) is 2. The van der Waals surface area contributed by atoms with Crippen molar-refractivity contribution in [3.05, 3.63) is 101 Å². The zero-order chi connectivity index (χ0) is 20.3. The van der Waals surface area contributed by atoms with E-state index in [1.807, 2.05) is 66.7 Å². The predicted octanol–water partition coefficient (Wildman–Crippen LogP) is 7.83. The topological polar surface area (TPSA) is 38.4 Å². The van der Waals surface area contributed by atoms with Crippen molar-refractivity contribution in [3.8, 4) is 11.5 Å². The quantitative estimate of drug-likeness (QED) is 0.260. The molecule has 0 bridgehead atoms. The highest BCUT2D eigenvalue weighted by atomic mass is 79.9. The lowest BCUT2D eigenvalue weighted by Crippen LogP contribution is -1.78. The largest absolute Gasteiger partial charge is 0.436 e. The van der Waals surface area contributed by atoms with E-state index in [9.17, 15) is 0 Å². The Hall–Kier alpha value is -3.50. The Kier molecular flexibility index (Phi) is 4.99. The molecule has 0 fully saturated rings. The van der Waals surface area contributed by atoms with E-state index in [4.69, 9.17) is 4.42 Å². The number of fused-ring (bicyclic) bond motifs is 2. The number of aromatic nitrogens is 1. The van der Waals surface area contributed by atoms with Gasteiger partial charge < -0.3 is 4.42 Å². The van der Waals surface area contributed by atoms with Crippen LogP contribution in [-0.2, 0) is 0 Å². The van der Waals surface area contributed by atoms with Crippen LogP contribution in [0.15, 0.2) is 105 Å². The second-order valence-electron chi connectivity index (χ2n) is 6.93. The van der Waals surface area contributed by atoms with Crippen LogP contribution in [0.5, 0.6) is 0 Å². The van der Waals surface area contributed by atoms with Crippen LogP contribution >= 0.6 is 15.9 Å². The molecule has 4 aromatic carbocycles. The summed E-state index contributed by atoms with van der Waals surface area (Å²) in [6, 6.07) is 28.4. The van der Waals surface area contributed by atoms with Crippen molar-refractivity contribution in [2.75, 3.05) is 0 Å².